The van der Waals surface area contributed by atoms with E-state index in [0.29, 0.717) is 19.0 Å². The lowest BCUT2D eigenvalue weighted by Gasteiger charge is -2.19. The Bertz CT molecular complexity index is 530. The van der Waals surface area contributed by atoms with E-state index in [0.717, 1.165) is 25.3 Å². The van der Waals surface area contributed by atoms with Crippen LogP contribution in [-0.2, 0) is 13.0 Å². The van der Waals surface area contributed by atoms with Crippen molar-refractivity contribution in [2.45, 2.75) is 32.7 Å². The third kappa shape index (κ3) is 5.75. The van der Waals surface area contributed by atoms with Crippen LogP contribution < -0.4 is 5.73 Å². The molecule has 0 saturated heterocycles. The van der Waals surface area contributed by atoms with Gasteiger partial charge in [-0.2, -0.15) is 4.98 Å². The molecule has 0 amide bonds. The molecule has 22 heavy (non-hydrogen) atoms. The SMILES string of the molecule is CC(C)c1noc(CN(CCN)CCc2ccccc2)n1.Cl. The summed E-state index contributed by atoms with van der Waals surface area (Å²) in [6, 6.07) is 10.5. The van der Waals surface area contributed by atoms with E-state index in [1.165, 1.54) is 5.56 Å². The summed E-state index contributed by atoms with van der Waals surface area (Å²) in [7, 11) is 0. The van der Waals surface area contributed by atoms with E-state index in [-0.39, 0.29) is 18.3 Å². The van der Waals surface area contributed by atoms with Gasteiger partial charge in [-0.3, -0.25) is 4.90 Å². The van der Waals surface area contributed by atoms with Gasteiger partial charge < -0.3 is 10.3 Å². The predicted molar refractivity (Wildman–Crippen MR) is 90.1 cm³/mol. The monoisotopic (exact) mass is 324 g/mol. The number of nitrogens with zero attached hydrogens (tertiary/aromatic N) is 3. The van der Waals surface area contributed by atoms with Gasteiger partial charge in [0, 0.05) is 25.6 Å². The molecule has 2 rings (SSSR count). The Morgan fingerprint density at radius 1 is 1.18 bits per heavy atom. The van der Waals surface area contributed by atoms with E-state index in [9.17, 15) is 0 Å². The second-order valence-electron chi connectivity index (χ2n) is 5.50. The first kappa shape index (κ1) is 18.6. The van der Waals surface area contributed by atoms with Crippen LogP contribution in [0.15, 0.2) is 34.9 Å². The minimum Gasteiger partial charge on any atom is -0.338 e. The van der Waals surface area contributed by atoms with E-state index in [1.807, 2.05) is 6.07 Å². The summed E-state index contributed by atoms with van der Waals surface area (Å²) in [6.45, 7) is 7.15. The zero-order valence-corrected chi connectivity index (χ0v) is 14.1. The molecule has 1 heterocycles. The summed E-state index contributed by atoms with van der Waals surface area (Å²) in [5, 5.41) is 4.00. The molecule has 0 spiro atoms. The molecule has 1 aromatic heterocycles. The van der Waals surface area contributed by atoms with Gasteiger partial charge in [-0.05, 0) is 12.0 Å². The van der Waals surface area contributed by atoms with E-state index in [4.69, 9.17) is 10.3 Å². The predicted octanol–water partition coefficient (Wildman–Crippen LogP) is 2.62. The Morgan fingerprint density at radius 2 is 1.91 bits per heavy atom. The van der Waals surface area contributed by atoms with Gasteiger partial charge in [-0.25, -0.2) is 0 Å². The molecule has 0 bridgehead atoms. The highest BCUT2D eigenvalue weighted by molar-refractivity contribution is 5.85. The van der Waals surface area contributed by atoms with Gasteiger partial charge >= 0.3 is 0 Å². The zero-order chi connectivity index (χ0) is 15.1. The highest BCUT2D eigenvalue weighted by atomic mass is 35.5. The maximum Gasteiger partial charge on any atom is 0.240 e. The number of rotatable bonds is 8. The number of hydrogen-bond acceptors (Lipinski definition) is 5. The van der Waals surface area contributed by atoms with E-state index < -0.39 is 0 Å². The molecule has 0 radical (unpaired) electrons. The molecular weight excluding hydrogens is 300 g/mol. The molecule has 2 N–H and O–H groups in total. The molecule has 122 valence electrons. The molecule has 0 atom stereocenters. The minimum absolute atomic E-state index is 0. The fourth-order valence-corrected chi connectivity index (χ4v) is 2.14. The highest BCUT2D eigenvalue weighted by Crippen LogP contribution is 2.11. The summed E-state index contributed by atoms with van der Waals surface area (Å²) in [5.74, 6) is 1.72. The number of nitrogens with two attached hydrogens (primary N) is 1. The van der Waals surface area contributed by atoms with Crippen LogP contribution >= 0.6 is 12.4 Å². The van der Waals surface area contributed by atoms with E-state index in [1.54, 1.807) is 0 Å². The zero-order valence-electron chi connectivity index (χ0n) is 13.2. The Morgan fingerprint density at radius 3 is 2.50 bits per heavy atom. The van der Waals surface area contributed by atoms with Gasteiger partial charge in [0.25, 0.3) is 0 Å². The molecule has 6 heteroatoms. The quantitative estimate of drug-likeness (QED) is 0.808. The molecule has 0 unspecified atom stereocenters. The molecule has 0 aliphatic rings. The van der Waals surface area contributed by atoms with Crippen molar-refractivity contribution >= 4 is 12.4 Å². The average molecular weight is 325 g/mol. The molecule has 0 fully saturated rings. The second-order valence-corrected chi connectivity index (χ2v) is 5.50. The van der Waals surface area contributed by atoms with Crippen molar-refractivity contribution in [3.8, 4) is 0 Å². The first-order valence-corrected chi connectivity index (χ1v) is 7.48. The Labute approximate surface area is 138 Å². The highest BCUT2D eigenvalue weighted by Gasteiger charge is 2.13. The van der Waals surface area contributed by atoms with Gasteiger partial charge in [-0.15, -0.1) is 12.4 Å². The summed E-state index contributed by atoms with van der Waals surface area (Å²) in [5.41, 5.74) is 7.02. The fourth-order valence-electron chi connectivity index (χ4n) is 2.14. The third-order valence-corrected chi connectivity index (χ3v) is 3.36. The van der Waals surface area contributed by atoms with Gasteiger partial charge in [0.15, 0.2) is 5.82 Å². The van der Waals surface area contributed by atoms with Crippen molar-refractivity contribution in [1.82, 2.24) is 15.0 Å². The normalized spacial score (nSPS) is 11.0. The number of hydrogen-bond donors (Lipinski definition) is 1. The van der Waals surface area contributed by atoms with Crippen LogP contribution in [0.5, 0.6) is 0 Å². The smallest absolute Gasteiger partial charge is 0.240 e. The fraction of sp³-hybridized carbons (Fsp3) is 0.500. The molecule has 5 nitrogen and oxygen atoms in total. The third-order valence-electron chi connectivity index (χ3n) is 3.36. The average Bonchev–Trinajstić information content (AvgIpc) is 2.95. The van der Waals surface area contributed by atoms with E-state index in [2.05, 4.69) is 53.2 Å². The summed E-state index contributed by atoms with van der Waals surface area (Å²) < 4.78 is 5.31. The molecule has 0 saturated carbocycles. The summed E-state index contributed by atoms with van der Waals surface area (Å²) >= 11 is 0. The first-order valence-electron chi connectivity index (χ1n) is 7.48. The molecule has 0 aliphatic heterocycles. The lowest BCUT2D eigenvalue weighted by molar-refractivity contribution is 0.233. The topological polar surface area (TPSA) is 68.2 Å². The van der Waals surface area contributed by atoms with Crippen LogP contribution in [0.4, 0.5) is 0 Å². The molecule has 2 aromatic rings. The van der Waals surface area contributed by atoms with Gasteiger partial charge in [0.1, 0.15) is 0 Å². The molecule has 0 aliphatic carbocycles. The van der Waals surface area contributed by atoms with E-state index >= 15 is 0 Å². The van der Waals surface area contributed by atoms with Crippen molar-refractivity contribution in [3.05, 3.63) is 47.6 Å². The van der Waals surface area contributed by atoms with Crippen molar-refractivity contribution < 1.29 is 4.52 Å². The lowest BCUT2D eigenvalue weighted by atomic mass is 10.1. The maximum absolute atomic E-state index is 5.70. The number of halogens is 1. The van der Waals surface area contributed by atoms with Crippen LogP contribution in [0.2, 0.25) is 0 Å². The van der Waals surface area contributed by atoms with Gasteiger partial charge in [-0.1, -0.05) is 49.3 Å². The Kier molecular flexibility index (Phi) is 8.09. The maximum atomic E-state index is 5.70. The summed E-state index contributed by atoms with van der Waals surface area (Å²) in [6.07, 6.45) is 0.992. The van der Waals surface area contributed by atoms with Crippen molar-refractivity contribution in [2.24, 2.45) is 5.73 Å². The van der Waals surface area contributed by atoms with Crippen molar-refractivity contribution in [2.75, 3.05) is 19.6 Å². The molecule has 1 aromatic carbocycles. The summed E-state index contributed by atoms with van der Waals surface area (Å²) in [4.78, 5) is 6.68. The Hall–Kier alpha value is -1.43. The van der Waals surface area contributed by atoms with Gasteiger partial charge in [0.2, 0.25) is 5.89 Å². The lowest BCUT2D eigenvalue weighted by Crippen LogP contribution is -2.31. The number of aromatic nitrogens is 2. The van der Waals surface area contributed by atoms with Crippen molar-refractivity contribution in [1.29, 1.82) is 0 Å². The van der Waals surface area contributed by atoms with Crippen LogP contribution in [-0.4, -0.2) is 34.7 Å². The van der Waals surface area contributed by atoms with Crippen LogP contribution in [0.1, 0.15) is 37.0 Å². The second kappa shape index (κ2) is 9.56. The molecular formula is C16H25ClN4O. The van der Waals surface area contributed by atoms with Crippen LogP contribution in [0.3, 0.4) is 0 Å². The van der Waals surface area contributed by atoms with Crippen LogP contribution in [0, 0.1) is 0 Å². The largest absolute Gasteiger partial charge is 0.338 e. The standard InChI is InChI=1S/C16H24N4O.ClH/c1-13(2)16-18-15(21-19-16)12-20(11-9-17)10-8-14-6-4-3-5-7-14;/h3-7,13H,8-12,17H2,1-2H3;1H. The van der Waals surface area contributed by atoms with Crippen molar-refractivity contribution in [3.63, 3.8) is 0 Å². The van der Waals surface area contributed by atoms with Gasteiger partial charge in [0.05, 0.1) is 6.54 Å². The number of benzene rings is 1. The minimum atomic E-state index is 0. The Balaban J connectivity index is 0.00000242. The first-order chi connectivity index (χ1) is 10.2. The van der Waals surface area contributed by atoms with Crippen LogP contribution in [0.25, 0.3) is 0 Å².